The van der Waals surface area contributed by atoms with E-state index in [-0.39, 0.29) is 6.10 Å². The van der Waals surface area contributed by atoms with E-state index in [2.05, 4.69) is 0 Å². The van der Waals surface area contributed by atoms with Gasteiger partial charge in [0.1, 0.15) is 6.10 Å². The second kappa shape index (κ2) is 2.62. The summed E-state index contributed by atoms with van der Waals surface area (Å²) in [6, 6.07) is 9.12. The predicted octanol–water partition coefficient (Wildman–Crippen LogP) is 2.10. The standard InChI is InChI=1S/C9H9FO/c10-9(8-6-11-8)7-4-2-1-3-5-7/h1-5,8-9H,6H2. The lowest BCUT2D eigenvalue weighted by atomic mass is 10.1. The molecule has 0 radical (unpaired) electrons. The molecule has 1 nitrogen and oxygen atoms in total. The molecule has 0 aliphatic carbocycles. The van der Waals surface area contributed by atoms with Gasteiger partial charge in [0.25, 0.3) is 0 Å². The number of rotatable bonds is 2. The molecule has 1 fully saturated rings. The van der Waals surface area contributed by atoms with E-state index in [9.17, 15) is 4.39 Å². The molecule has 2 atom stereocenters. The van der Waals surface area contributed by atoms with Gasteiger partial charge in [-0.25, -0.2) is 4.39 Å². The van der Waals surface area contributed by atoms with Gasteiger partial charge < -0.3 is 4.74 Å². The normalized spacial score (nSPS) is 24.6. The summed E-state index contributed by atoms with van der Waals surface area (Å²) in [6.07, 6.45) is -1.12. The number of halogens is 1. The molecule has 1 aromatic rings. The van der Waals surface area contributed by atoms with Crippen molar-refractivity contribution in [1.82, 2.24) is 0 Å². The monoisotopic (exact) mass is 152 g/mol. The van der Waals surface area contributed by atoms with E-state index in [1.54, 1.807) is 12.1 Å². The lowest BCUT2D eigenvalue weighted by Gasteiger charge is -2.02. The van der Waals surface area contributed by atoms with Gasteiger partial charge in [-0.2, -0.15) is 0 Å². The summed E-state index contributed by atoms with van der Waals surface area (Å²) in [5.41, 5.74) is 0.718. The molecule has 1 aromatic carbocycles. The van der Waals surface area contributed by atoms with Crippen molar-refractivity contribution in [1.29, 1.82) is 0 Å². The number of benzene rings is 1. The Morgan fingerprint density at radius 3 is 2.55 bits per heavy atom. The molecule has 0 saturated carbocycles. The van der Waals surface area contributed by atoms with Crippen LogP contribution in [0.3, 0.4) is 0 Å². The SMILES string of the molecule is FC(c1ccccc1)C1CO1. The van der Waals surface area contributed by atoms with Crippen LogP contribution < -0.4 is 0 Å². The summed E-state index contributed by atoms with van der Waals surface area (Å²) in [6.45, 7) is 0.566. The van der Waals surface area contributed by atoms with Crippen molar-refractivity contribution in [2.75, 3.05) is 6.61 Å². The Morgan fingerprint density at radius 2 is 2.00 bits per heavy atom. The summed E-state index contributed by atoms with van der Waals surface area (Å²) in [7, 11) is 0. The van der Waals surface area contributed by atoms with Crippen LogP contribution in [0.2, 0.25) is 0 Å². The largest absolute Gasteiger partial charge is 0.370 e. The van der Waals surface area contributed by atoms with Crippen LogP contribution >= 0.6 is 0 Å². The Kier molecular flexibility index (Phi) is 1.62. The third-order valence-corrected chi connectivity index (χ3v) is 1.80. The maximum absolute atomic E-state index is 13.2. The van der Waals surface area contributed by atoms with Crippen LogP contribution in [0.15, 0.2) is 30.3 Å². The topological polar surface area (TPSA) is 12.5 Å². The average Bonchev–Trinajstić information content (AvgIpc) is 2.87. The first kappa shape index (κ1) is 6.80. The molecule has 2 rings (SSSR count). The van der Waals surface area contributed by atoms with E-state index in [0.717, 1.165) is 5.56 Å². The molecule has 0 amide bonds. The molecule has 11 heavy (non-hydrogen) atoms. The maximum Gasteiger partial charge on any atom is 0.153 e. The van der Waals surface area contributed by atoms with Gasteiger partial charge in [-0.15, -0.1) is 0 Å². The predicted molar refractivity (Wildman–Crippen MR) is 40.0 cm³/mol. The van der Waals surface area contributed by atoms with Gasteiger partial charge in [0.05, 0.1) is 6.61 Å². The van der Waals surface area contributed by atoms with Crippen molar-refractivity contribution in [2.45, 2.75) is 12.3 Å². The quantitative estimate of drug-likeness (QED) is 0.591. The summed E-state index contributed by atoms with van der Waals surface area (Å²) in [5, 5.41) is 0. The zero-order chi connectivity index (χ0) is 7.68. The van der Waals surface area contributed by atoms with Crippen LogP contribution in [0, 0.1) is 0 Å². The van der Waals surface area contributed by atoms with Crippen LogP contribution in [-0.4, -0.2) is 12.7 Å². The summed E-state index contributed by atoms with van der Waals surface area (Å²) >= 11 is 0. The van der Waals surface area contributed by atoms with E-state index in [0.29, 0.717) is 6.61 Å². The minimum absolute atomic E-state index is 0.183. The number of ether oxygens (including phenoxy) is 1. The molecule has 2 heteroatoms. The lowest BCUT2D eigenvalue weighted by molar-refractivity contribution is 0.253. The first-order chi connectivity index (χ1) is 5.38. The molecule has 1 aliphatic rings. The van der Waals surface area contributed by atoms with Crippen molar-refractivity contribution < 1.29 is 9.13 Å². The maximum atomic E-state index is 13.2. The summed E-state index contributed by atoms with van der Waals surface area (Å²) in [4.78, 5) is 0. The zero-order valence-electron chi connectivity index (χ0n) is 6.03. The van der Waals surface area contributed by atoms with Crippen molar-refractivity contribution in [3.05, 3.63) is 35.9 Å². The number of hydrogen-bond donors (Lipinski definition) is 0. The molecule has 0 aromatic heterocycles. The van der Waals surface area contributed by atoms with Crippen molar-refractivity contribution in [3.63, 3.8) is 0 Å². The Bertz CT molecular complexity index is 231. The minimum atomic E-state index is -0.934. The first-order valence-electron chi connectivity index (χ1n) is 3.68. The van der Waals surface area contributed by atoms with Crippen LogP contribution in [0.5, 0.6) is 0 Å². The first-order valence-corrected chi connectivity index (χ1v) is 3.68. The third kappa shape index (κ3) is 1.40. The molecule has 2 unspecified atom stereocenters. The Morgan fingerprint density at radius 1 is 1.36 bits per heavy atom. The van der Waals surface area contributed by atoms with Gasteiger partial charge in [0.15, 0.2) is 6.17 Å². The van der Waals surface area contributed by atoms with E-state index >= 15 is 0 Å². The number of alkyl halides is 1. The fraction of sp³-hybridized carbons (Fsp3) is 0.333. The van der Waals surface area contributed by atoms with Gasteiger partial charge >= 0.3 is 0 Å². The van der Waals surface area contributed by atoms with Gasteiger partial charge in [-0.1, -0.05) is 30.3 Å². The number of hydrogen-bond acceptors (Lipinski definition) is 1. The van der Waals surface area contributed by atoms with Crippen molar-refractivity contribution in [2.24, 2.45) is 0 Å². The molecule has 1 saturated heterocycles. The number of epoxide rings is 1. The van der Waals surface area contributed by atoms with Crippen molar-refractivity contribution >= 4 is 0 Å². The lowest BCUT2D eigenvalue weighted by Crippen LogP contribution is -1.98. The summed E-state index contributed by atoms with van der Waals surface area (Å²) < 4.78 is 18.0. The highest BCUT2D eigenvalue weighted by molar-refractivity contribution is 5.19. The minimum Gasteiger partial charge on any atom is -0.370 e. The zero-order valence-corrected chi connectivity index (χ0v) is 6.03. The average molecular weight is 152 g/mol. The smallest absolute Gasteiger partial charge is 0.153 e. The Labute approximate surface area is 64.8 Å². The van der Waals surface area contributed by atoms with Gasteiger partial charge in [-0.05, 0) is 5.56 Å². The van der Waals surface area contributed by atoms with E-state index < -0.39 is 6.17 Å². The second-order valence-corrected chi connectivity index (χ2v) is 2.68. The van der Waals surface area contributed by atoms with Gasteiger partial charge in [0, 0.05) is 0 Å². The molecular formula is C9H9FO. The van der Waals surface area contributed by atoms with Crippen molar-refractivity contribution in [3.8, 4) is 0 Å². The highest BCUT2D eigenvalue weighted by atomic mass is 19.1. The van der Waals surface area contributed by atoms with E-state index in [4.69, 9.17) is 4.74 Å². The van der Waals surface area contributed by atoms with Gasteiger partial charge in [-0.3, -0.25) is 0 Å². The van der Waals surface area contributed by atoms with Crippen LogP contribution in [0.4, 0.5) is 4.39 Å². The van der Waals surface area contributed by atoms with Crippen LogP contribution in [0.1, 0.15) is 11.7 Å². The van der Waals surface area contributed by atoms with Gasteiger partial charge in [0.2, 0.25) is 0 Å². The Hall–Kier alpha value is -0.890. The Balaban J connectivity index is 2.15. The molecule has 0 bridgehead atoms. The highest BCUT2D eigenvalue weighted by Crippen LogP contribution is 2.30. The molecule has 0 spiro atoms. The van der Waals surface area contributed by atoms with Crippen LogP contribution in [0.25, 0.3) is 0 Å². The molecule has 1 aliphatic heterocycles. The molecule has 58 valence electrons. The van der Waals surface area contributed by atoms with Crippen LogP contribution in [-0.2, 0) is 4.74 Å². The summed E-state index contributed by atoms with van der Waals surface area (Å²) in [5.74, 6) is 0. The molecule has 1 heterocycles. The molecular weight excluding hydrogens is 143 g/mol. The fourth-order valence-corrected chi connectivity index (χ4v) is 1.08. The second-order valence-electron chi connectivity index (χ2n) is 2.68. The van der Waals surface area contributed by atoms with E-state index in [1.807, 2.05) is 18.2 Å². The third-order valence-electron chi connectivity index (χ3n) is 1.80. The fourth-order valence-electron chi connectivity index (χ4n) is 1.08. The molecule has 0 N–H and O–H groups in total. The highest BCUT2D eigenvalue weighted by Gasteiger charge is 2.33. The van der Waals surface area contributed by atoms with E-state index in [1.165, 1.54) is 0 Å².